The Labute approximate surface area is 216 Å². The highest BCUT2D eigenvalue weighted by Crippen LogP contribution is 2.35. The van der Waals surface area contributed by atoms with Gasteiger partial charge in [0.2, 0.25) is 0 Å². The van der Waals surface area contributed by atoms with E-state index < -0.39 is 12.1 Å². The molecule has 1 aliphatic rings. The monoisotopic (exact) mass is 512 g/mol. The number of aliphatic carboxylic acids is 1. The van der Waals surface area contributed by atoms with Crippen LogP contribution < -0.4 is 4.74 Å². The number of likely N-dealkylation sites (tertiary alicyclic amines) is 1. The number of aryl methyl sites for hydroxylation is 1. The summed E-state index contributed by atoms with van der Waals surface area (Å²) in [6.07, 6.45) is 8.30. The van der Waals surface area contributed by atoms with E-state index in [1.807, 2.05) is 48.3 Å². The topological polar surface area (TPSA) is 101 Å². The Morgan fingerprint density at radius 3 is 2.83 bits per heavy atom. The number of methoxy groups -OCH3 is 1. The van der Waals surface area contributed by atoms with Crippen LogP contribution >= 0.6 is 11.8 Å². The Morgan fingerprint density at radius 1 is 1.22 bits per heavy atom. The van der Waals surface area contributed by atoms with Crippen molar-refractivity contribution < 1.29 is 19.7 Å². The van der Waals surface area contributed by atoms with Crippen molar-refractivity contribution in [1.29, 1.82) is 0 Å². The molecule has 1 saturated heterocycles. The maximum absolute atomic E-state index is 11.3. The molecule has 1 aliphatic heterocycles. The van der Waals surface area contributed by atoms with Gasteiger partial charge in [-0.05, 0) is 73.9 Å². The molecule has 3 atom stereocenters. The molecule has 2 N–H and O–H groups in total. The molecule has 0 amide bonds. The van der Waals surface area contributed by atoms with E-state index in [2.05, 4.69) is 14.9 Å². The Balaban J connectivity index is 1.36. The van der Waals surface area contributed by atoms with E-state index >= 15 is 0 Å². The zero-order chi connectivity index (χ0) is 25.5. The van der Waals surface area contributed by atoms with Crippen LogP contribution in [0, 0.1) is 11.8 Å². The molecule has 9 heteroatoms. The lowest BCUT2D eigenvalue weighted by Gasteiger charge is -2.39. The Morgan fingerprint density at radius 2 is 2.08 bits per heavy atom. The van der Waals surface area contributed by atoms with Gasteiger partial charge in [-0.25, -0.2) is 4.98 Å². The van der Waals surface area contributed by atoms with Crippen molar-refractivity contribution in [2.24, 2.45) is 18.9 Å². The molecule has 36 heavy (non-hydrogen) atoms. The SMILES string of the molecule is COc1ccc2nccc([C@H](O)CC[C@@H]3CCN(CCSc4nccn4C)C[C@H]3CCC(=O)O)c2c1. The number of aliphatic hydroxyl groups excluding tert-OH is 1. The van der Waals surface area contributed by atoms with Crippen molar-refractivity contribution in [3.63, 3.8) is 0 Å². The number of nitrogens with zero attached hydrogens (tertiary/aromatic N) is 4. The zero-order valence-electron chi connectivity index (χ0n) is 21.0. The van der Waals surface area contributed by atoms with Gasteiger partial charge in [0.15, 0.2) is 5.16 Å². The normalized spacial score (nSPS) is 19.4. The number of carbonyl (C=O) groups is 1. The van der Waals surface area contributed by atoms with Gasteiger partial charge in [0.1, 0.15) is 5.75 Å². The van der Waals surface area contributed by atoms with Crippen molar-refractivity contribution >= 4 is 28.6 Å². The lowest BCUT2D eigenvalue weighted by atomic mass is 9.79. The molecule has 2 aromatic heterocycles. The number of ether oxygens (including phenoxy) is 1. The number of aliphatic hydroxyl groups is 1. The smallest absolute Gasteiger partial charge is 0.303 e. The number of benzene rings is 1. The van der Waals surface area contributed by atoms with Gasteiger partial charge in [0.25, 0.3) is 0 Å². The summed E-state index contributed by atoms with van der Waals surface area (Å²) in [6.45, 7) is 2.87. The number of aromatic nitrogens is 3. The summed E-state index contributed by atoms with van der Waals surface area (Å²) in [7, 11) is 3.64. The fourth-order valence-electron chi connectivity index (χ4n) is 5.22. The van der Waals surface area contributed by atoms with Gasteiger partial charge in [-0.15, -0.1) is 0 Å². The number of hydrogen-bond donors (Lipinski definition) is 2. The van der Waals surface area contributed by atoms with Crippen LogP contribution in [0.5, 0.6) is 5.75 Å². The van der Waals surface area contributed by atoms with Crippen LogP contribution in [0.2, 0.25) is 0 Å². The van der Waals surface area contributed by atoms with Crippen LogP contribution in [-0.2, 0) is 11.8 Å². The van der Waals surface area contributed by atoms with Crippen molar-refractivity contribution in [1.82, 2.24) is 19.4 Å². The number of pyridine rings is 1. The molecular formula is C27H36N4O4S. The summed E-state index contributed by atoms with van der Waals surface area (Å²) in [5.74, 6) is 1.67. The lowest BCUT2D eigenvalue weighted by Crippen LogP contribution is -2.41. The Hall–Kier alpha value is -2.62. The molecule has 194 valence electrons. The Kier molecular flexibility index (Phi) is 9.23. The van der Waals surface area contributed by atoms with Gasteiger partial charge in [-0.1, -0.05) is 11.8 Å². The van der Waals surface area contributed by atoms with Crippen LogP contribution in [0.1, 0.15) is 43.8 Å². The largest absolute Gasteiger partial charge is 0.497 e. The zero-order valence-corrected chi connectivity index (χ0v) is 21.9. The second-order valence-electron chi connectivity index (χ2n) is 9.59. The highest BCUT2D eigenvalue weighted by atomic mass is 32.2. The number of carboxylic acid groups (broad SMARTS) is 1. The molecule has 0 radical (unpaired) electrons. The minimum absolute atomic E-state index is 0.189. The molecule has 1 fully saturated rings. The van der Waals surface area contributed by atoms with E-state index in [1.54, 1.807) is 25.1 Å². The van der Waals surface area contributed by atoms with E-state index in [0.29, 0.717) is 24.7 Å². The van der Waals surface area contributed by atoms with Crippen molar-refractivity contribution in [3.05, 3.63) is 48.4 Å². The van der Waals surface area contributed by atoms with Gasteiger partial charge >= 0.3 is 5.97 Å². The van der Waals surface area contributed by atoms with Gasteiger partial charge < -0.3 is 24.4 Å². The maximum Gasteiger partial charge on any atom is 0.303 e. The molecule has 0 aliphatic carbocycles. The van der Waals surface area contributed by atoms with E-state index in [1.165, 1.54) is 0 Å². The molecular weight excluding hydrogens is 476 g/mol. The van der Waals surface area contributed by atoms with Gasteiger partial charge in [0, 0.05) is 56.3 Å². The van der Waals surface area contributed by atoms with Gasteiger partial charge in [-0.2, -0.15) is 0 Å². The third-order valence-corrected chi connectivity index (χ3v) is 8.31. The van der Waals surface area contributed by atoms with Crippen molar-refractivity contribution in [2.75, 3.05) is 32.5 Å². The number of piperidine rings is 1. The summed E-state index contributed by atoms with van der Waals surface area (Å²) < 4.78 is 7.40. The third kappa shape index (κ3) is 6.78. The standard InChI is InChI=1S/C27H36N4O4S/c1-30-14-12-29-27(30)36-16-15-31-13-10-19(20(18-31)4-8-26(33)34)3-7-25(32)22-9-11-28-24-6-5-21(35-2)17-23(22)24/h5-6,9,11-12,14,17,19-20,25,32H,3-4,7-8,10,13,15-16,18H2,1-2H3,(H,33,34)/t19-,20-,25-/m1/s1. The Bertz CT molecular complexity index is 1150. The van der Waals surface area contributed by atoms with Gasteiger partial charge in [-0.3, -0.25) is 9.78 Å². The summed E-state index contributed by atoms with van der Waals surface area (Å²) in [5, 5.41) is 22.3. The van der Waals surface area contributed by atoms with Crippen LogP contribution in [-0.4, -0.2) is 68.1 Å². The quantitative estimate of drug-likeness (QED) is 0.345. The molecule has 1 aromatic carbocycles. The van der Waals surface area contributed by atoms with Crippen LogP contribution in [0.25, 0.3) is 10.9 Å². The summed E-state index contributed by atoms with van der Waals surface area (Å²) in [6, 6.07) is 7.60. The number of thioether (sulfide) groups is 1. The first kappa shape index (κ1) is 26.4. The lowest BCUT2D eigenvalue weighted by molar-refractivity contribution is -0.137. The number of carboxylic acids is 1. The predicted octanol–water partition coefficient (Wildman–Crippen LogP) is 4.39. The van der Waals surface area contributed by atoms with Crippen molar-refractivity contribution in [3.8, 4) is 5.75 Å². The van der Waals surface area contributed by atoms with E-state index in [0.717, 1.165) is 65.6 Å². The maximum atomic E-state index is 11.3. The number of imidazole rings is 1. The van der Waals surface area contributed by atoms with E-state index in [4.69, 9.17) is 4.74 Å². The van der Waals surface area contributed by atoms with Crippen LogP contribution in [0.3, 0.4) is 0 Å². The molecule has 8 nitrogen and oxygen atoms in total. The number of rotatable bonds is 12. The van der Waals surface area contributed by atoms with E-state index in [9.17, 15) is 15.0 Å². The van der Waals surface area contributed by atoms with Gasteiger partial charge in [0.05, 0.1) is 18.7 Å². The molecule has 0 unspecified atom stereocenters. The minimum atomic E-state index is -0.742. The molecule has 3 heterocycles. The average Bonchev–Trinajstić information content (AvgIpc) is 3.30. The second-order valence-corrected chi connectivity index (χ2v) is 10.6. The average molecular weight is 513 g/mol. The summed E-state index contributed by atoms with van der Waals surface area (Å²) >= 11 is 1.75. The molecule has 0 saturated carbocycles. The second kappa shape index (κ2) is 12.6. The molecule has 0 bridgehead atoms. The molecule has 0 spiro atoms. The van der Waals surface area contributed by atoms with Crippen LogP contribution in [0.15, 0.2) is 48.0 Å². The first-order chi connectivity index (χ1) is 17.4. The number of fused-ring (bicyclic) bond motifs is 1. The summed E-state index contributed by atoms with van der Waals surface area (Å²) in [4.78, 5) is 22.6. The first-order valence-electron chi connectivity index (χ1n) is 12.6. The van der Waals surface area contributed by atoms with E-state index in [-0.39, 0.29) is 6.42 Å². The van der Waals surface area contributed by atoms with Crippen LogP contribution in [0.4, 0.5) is 0 Å². The highest BCUT2D eigenvalue weighted by Gasteiger charge is 2.30. The fourth-order valence-corrected chi connectivity index (χ4v) is 6.16. The number of hydrogen-bond acceptors (Lipinski definition) is 7. The third-order valence-electron chi connectivity index (χ3n) is 7.27. The molecule has 3 aromatic rings. The molecule has 4 rings (SSSR count). The highest BCUT2D eigenvalue weighted by molar-refractivity contribution is 7.99. The fraction of sp³-hybridized carbons (Fsp3) is 0.519. The summed E-state index contributed by atoms with van der Waals surface area (Å²) in [5.41, 5.74) is 1.70. The minimum Gasteiger partial charge on any atom is -0.497 e. The first-order valence-corrected chi connectivity index (χ1v) is 13.6. The van der Waals surface area contributed by atoms with Crippen molar-refractivity contribution in [2.45, 2.75) is 43.4 Å². The predicted molar refractivity (Wildman–Crippen MR) is 141 cm³/mol.